The summed E-state index contributed by atoms with van der Waals surface area (Å²) < 4.78 is 0. The molecule has 2 fully saturated rings. The Balaban J connectivity index is 1.66. The van der Waals surface area contributed by atoms with E-state index in [4.69, 9.17) is 0 Å². The van der Waals surface area contributed by atoms with Crippen molar-refractivity contribution in [1.82, 2.24) is 10.2 Å². The minimum Gasteiger partial charge on any atom is -0.349 e. The lowest BCUT2D eigenvalue weighted by Crippen LogP contribution is -2.39. The van der Waals surface area contributed by atoms with E-state index in [1.165, 1.54) is 25.7 Å². The topological polar surface area (TPSA) is 49.4 Å². The molecular formula is C20H28N2O2. The summed E-state index contributed by atoms with van der Waals surface area (Å²) in [7, 11) is 0. The highest BCUT2D eigenvalue weighted by Gasteiger charge is 2.23. The molecule has 1 unspecified atom stereocenters. The molecule has 0 radical (unpaired) electrons. The number of hydrogen-bond donors (Lipinski definition) is 1. The molecular weight excluding hydrogens is 300 g/mol. The first-order valence-corrected chi connectivity index (χ1v) is 9.33. The van der Waals surface area contributed by atoms with Crippen molar-refractivity contribution in [1.29, 1.82) is 0 Å². The van der Waals surface area contributed by atoms with Crippen LogP contribution in [-0.4, -0.2) is 35.8 Å². The van der Waals surface area contributed by atoms with Crippen LogP contribution >= 0.6 is 0 Å². The average molecular weight is 328 g/mol. The van der Waals surface area contributed by atoms with Gasteiger partial charge < -0.3 is 10.2 Å². The van der Waals surface area contributed by atoms with Crippen LogP contribution in [0.4, 0.5) is 0 Å². The highest BCUT2D eigenvalue weighted by Crippen LogP contribution is 2.20. The van der Waals surface area contributed by atoms with Gasteiger partial charge >= 0.3 is 0 Å². The van der Waals surface area contributed by atoms with Crippen LogP contribution in [-0.2, 0) is 0 Å². The molecule has 1 saturated carbocycles. The van der Waals surface area contributed by atoms with Crippen molar-refractivity contribution in [3.8, 4) is 0 Å². The summed E-state index contributed by atoms with van der Waals surface area (Å²) in [5.74, 6) is 0.554. The molecule has 1 saturated heterocycles. The molecule has 0 bridgehead atoms. The number of carbonyl (C=O) groups excluding carboxylic acids is 2. The molecule has 1 aromatic carbocycles. The van der Waals surface area contributed by atoms with Crippen molar-refractivity contribution in [2.75, 3.05) is 13.1 Å². The average Bonchev–Trinajstić information content (AvgIpc) is 2.62. The Labute approximate surface area is 144 Å². The molecule has 4 nitrogen and oxygen atoms in total. The van der Waals surface area contributed by atoms with Gasteiger partial charge in [-0.1, -0.05) is 32.3 Å². The Hall–Kier alpha value is -1.84. The van der Waals surface area contributed by atoms with Gasteiger partial charge in [0.1, 0.15) is 0 Å². The predicted octanol–water partition coefficient (Wildman–Crippen LogP) is 3.62. The van der Waals surface area contributed by atoms with Crippen LogP contribution < -0.4 is 5.32 Å². The third kappa shape index (κ3) is 4.16. The number of carbonyl (C=O) groups is 2. The molecule has 1 heterocycles. The largest absolute Gasteiger partial charge is 0.349 e. The normalized spacial score (nSPS) is 22.2. The second-order valence-electron chi connectivity index (χ2n) is 7.39. The smallest absolute Gasteiger partial charge is 0.253 e. The zero-order valence-corrected chi connectivity index (χ0v) is 14.6. The second kappa shape index (κ2) is 7.82. The summed E-state index contributed by atoms with van der Waals surface area (Å²) in [4.78, 5) is 27.1. The van der Waals surface area contributed by atoms with Crippen molar-refractivity contribution < 1.29 is 9.59 Å². The molecule has 3 rings (SSSR count). The van der Waals surface area contributed by atoms with Gasteiger partial charge in [0, 0.05) is 30.3 Å². The third-order valence-corrected chi connectivity index (χ3v) is 5.26. The SMILES string of the molecule is CC1CCCN(C(=O)c2cccc(C(=O)NC3CCCCC3)c2)C1. The maximum Gasteiger partial charge on any atom is 0.253 e. The minimum absolute atomic E-state index is 0.0499. The lowest BCUT2D eigenvalue weighted by molar-refractivity contribution is 0.0683. The quantitative estimate of drug-likeness (QED) is 0.921. The highest BCUT2D eigenvalue weighted by molar-refractivity contribution is 5.99. The van der Waals surface area contributed by atoms with E-state index in [1.54, 1.807) is 12.1 Å². The van der Waals surface area contributed by atoms with Gasteiger partial charge in [0.2, 0.25) is 0 Å². The zero-order chi connectivity index (χ0) is 16.9. The second-order valence-corrected chi connectivity index (χ2v) is 7.39. The van der Waals surface area contributed by atoms with Crippen LogP contribution in [0, 0.1) is 5.92 Å². The number of nitrogens with one attached hydrogen (secondary N) is 1. The number of benzene rings is 1. The van der Waals surface area contributed by atoms with Crippen molar-refractivity contribution in [2.45, 2.75) is 57.9 Å². The van der Waals surface area contributed by atoms with Crippen LogP contribution in [0.25, 0.3) is 0 Å². The van der Waals surface area contributed by atoms with E-state index in [0.29, 0.717) is 17.0 Å². The van der Waals surface area contributed by atoms with E-state index in [2.05, 4.69) is 12.2 Å². The van der Waals surface area contributed by atoms with E-state index >= 15 is 0 Å². The maximum absolute atomic E-state index is 12.7. The first kappa shape index (κ1) is 17.0. The number of likely N-dealkylation sites (tertiary alicyclic amines) is 1. The van der Waals surface area contributed by atoms with Gasteiger partial charge in [-0.2, -0.15) is 0 Å². The van der Waals surface area contributed by atoms with Crippen molar-refractivity contribution >= 4 is 11.8 Å². The van der Waals surface area contributed by atoms with Crippen LogP contribution in [0.15, 0.2) is 24.3 Å². The van der Waals surface area contributed by atoms with Gasteiger partial charge in [-0.05, 0) is 49.8 Å². The molecule has 4 heteroatoms. The van der Waals surface area contributed by atoms with Gasteiger partial charge in [0.05, 0.1) is 0 Å². The minimum atomic E-state index is -0.0523. The fourth-order valence-electron chi connectivity index (χ4n) is 3.87. The van der Waals surface area contributed by atoms with E-state index in [9.17, 15) is 9.59 Å². The molecule has 1 aliphatic heterocycles. The molecule has 1 aromatic rings. The van der Waals surface area contributed by atoms with E-state index in [1.807, 2.05) is 17.0 Å². The highest BCUT2D eigenvalue weighted by atomic mass is 16.2. The fraction of sp³-hybridized carbons (Fsp3) is 0.600. The van der Waals surface area contributed by atoms with Crippen LogP contribution in [0.2, 0.25) is 0 Å². The molecule has 0 spiro atoms. The van der Waals surface area contributed by atoms with E-state index in [-0.39, 0.29) is 17.9 Å². The zero-order valence-electron chi connectivity index (χ0n) is 14.6. The van der Waals surface area contributed by atoms with Crippen LogP contribution in [0.5, 0.6) is 0 Å². The Morgan fingerprint density at radius 1 is 1.04 bits per heavy atom. The summed E-state index contributed by atoms with van der Waals surface area (Å²) >= 11 is 0. The number of amides is 2. The maximum atomic E-state index is 12.7. The lowest BCUT2D eigenvalue weighted by Gasteiger charge is -2.31. The summed E-state index contributed by atoms with van der Waals surface area (Å²) in [6.45, 7) is 3.83. The number of rotatable bonds is 3. The van der Waals surface area contributed by atoms with Crippen molar-refractivity contribution in [3.63, 3.8) is 0 Å². The molecule has 1 atom stereocenters. The van der Waals surface area contributed by atoms with Crippen molar-refractivity contribution in [2.24, 2.45) is 5.92 Å². The summed E-state index contributed by atoms with van der Waals surface area (Å²) in [5.41, 5.74) is 1.22. The molecule has 24 heavy (non-hydrogen) atoms. The number of hydrogen-bond acceptors (Lipinski definition) is 2. The first-order chi connectivity index (χ1) is 11.6. The number of piperidine rings is 1. The third-order valence-electron chi connectivity index (χ3n) is 5.26. The fourth-order valence-corrected chi connectivity index (χ4v) is 3.87. The monoisotopic (exact) mass is 328 g/mol. The Kier molecular flexibility index (Phi) is 5.54. The van der Waals surface area contributed by atoms with Gasteiger partial charge in [0.15, 0.2) is 0 Å². The number of nitrogens with zero attached hydrogens (tertiary/aromatic N) is 1. The van der Waals surface area contributed by atoms with E-state index in [0.717, 1.165) is 32.4 Å². The van der Waals surface area contributed by atoms with E-state index < -0.39 is 0 Å². The van der Waals surface area contributed by atoms with Gasteiger partial charge in [-0.15, -0.1) is 0 Å². The summed E-state index contributed by atoms with van der Waals surface area (Å²) in [6.07, 6.45) is 8.03. The molecule has 1 aliphatic carbocycles. The van der Waals surface area contributed by atoms with Crippen LogP contribution in [0.1, 0.15) is 72.6 Å². The first-order valence-electron chi connectivity index (χ1n) is 9.33. The predicted molar refractivity (Wildman–Crippen MR) is 95.1 cm³/mol. The molecule has 130 valence electrons. The van der Waals surface area contributed by atoms with Crippen molar-refractivity contribution in [3.05, 3.63) is 35.4 Å². The molecule has 2 amide bonds. The Morgan fingerprint density at radius 2 is 1.79 bits per heavy atom. The lowest BCUT2D eigenvalue weighted by atomic mass is 9.95. The molecule has 2 aliphatic rings. The summed E-state index contributed by atoms with van der Waals surface area (Å²) in [6, 6.07) is 7.47. The summed E-state index contributed by atoms with van der Waals surface area (Å²) in [5, 5.41) is 3.12. The Bertz CT molecular complexity index is 593. The molecule has 0 aromatic heterocycles. The van der Waals surface area contributed by atoms with Crippen LogP contribution in [0.3, 0.4) is 0 Å². The van der Waals surface area contributed by atoms with Gasteiger partial charge in [-0.3, -0.25) is 9.59 Å². The molecule has 1 N–H and O–H groups in total. The van der Waals surface area contributed by atoms with Gasteiger partial charge in [0.25, 0.3) is 11.8 Å². The van der Waals surface area contributed by atoms with Gasteiger partial charge in [-0.25, -0.2) is 0 Å². The Morgan fingerprint density at radius 3 is 2.54 bits per heavy atom. The standard InChI is InChI=1S/C20H28N2O2/c1-15-7-6-12-22(14-15)20(24)17-9-5-8-16(13-17)19(23)21-18-10-3-2-4-11-18/h5,8-9,13,15,18H,2-4,6-7,10-12,14H2,1H3,(H,21,23).